The second-order valence-corrected chi connectivity index (χ2v) is 3.13. The maximum Gasteiger partial charge on any atom is 0.418 e. The van der Waals surface area contributed by atoms with Gasteiger partial charge >= 0.3 is 11.9 Å². The summed E-state index contributed by atoms with van der Waals surface area (Å²) < 4.78 is 37.5. The van der Waals surface area contributed by atoms with Crippen molar-refractivity contribution in [2.45, 2.75) is 6.18 Å². The molecule has 0 saturated carbocycles. The van der Waals surface area contributed by atoms with Crippen molar-refractivity contribution in [1.82, 2.24) is 0 Å². The largest absolute Gasteiger partial charge is 0.418 e. The standard InChI is InChI=1S/C7H5F3N4O4/c8-7(9,10)2-1-3(13(15)16)5(12)6(4(2)11)14(17)18/h1H,11-12H2. The predicted molar refractivity (Wildman–Crippen MR) is 53.6 cm³/mol. The van der Waals surface area contributed by atoms with E-state index in [1.54, 1.807) is 0 Å². The molecule has 0 aliphatic heterocycles. The molecule has 1 rings (SSSR count). The molecule has 0 atom stereocenters. The molecular formula is C7H5F3N4O4. The molecule has 1 aromatic carbocycles. The highest BCUT2D eigenvalue weighted by molar-refractivity contribution is 5.83. The Morgan fingerprint density at radius 3 is 1.89 bits per heavy atom. The van der Waals surface area contributed by atoms with Gasteiger partial charge in [0.15, 0.2) is 5.69 Å². The molecule has 0 bridgehead atoms. The van der Waals surface area contributed by atoms with E-state index in [0.717, 1.165) is 0 Å². The number of halogens is 3. The molecule has 11 heteroatoms. The van der Waals surface area contributed by atoms with E-state index in [2.05, 4.69) is 0 Å². The first kappa shape index (κ1) is 13.5. The van der Waals surface area contributed by atoms with Crippen LogP contribution in [0.5, 0.6) is 0 Å². The van der Waals surface area contributed by atoms with Crippen LogP contribution in [0.15, 0.2) is 6.07 Å². The van der Waals surface area contributed by atoms with E-state index in [4.69, 9.17) is 11.5 Å². The number of nitrogen functional groups attached to an aromatic ring is 2. The molecule has 1 aromatic rings. The molecule has 0 aliphatic carbocycles. The summed E-state index contributed by atoms with van der Waals surface area (Å²) in [6.45, 7) is 0. The number of anilines is 2. The van der Waals surface area contributed by atoms with E-state index in [0.29, 0.717) is 0 Å². The van der Waals surface area contributed by atoms with Crippen molar-refractivity contribution in [3.8, 4) is 0 Å². The molecule has 98 valence electrons. The van der Waals surface area contributed by atoms with Crippen molar-refractivity contribution in [3.05, 3.63) is 31.9 Å². The monoisotopic (exact) mass is 266 g/mol. The van der Waals surface area contributed by atoms with E-state index in [1.165, 1.54) is 0 Å². The van der Waals surface area contributed by atoms with Gasteiger partial charge in [-0.15, -0.1) is 0 Å². The molecule has 0 fully saturated rings. The third kappa shape index (κ3) is 2.09. The lowest BCUT2D eigenvalue weighted by Gasteiger charge is -2.11. The summed E-state index contributed by atoms with van der Waals surface area (Å²) in [5.74, 6) is 0. The minimum atomic E-state index is -5.06. The molecule has 0 saturated heterocycles. The number of benzene rings is 1. The Bertz CT molecular complexity index is 542. The average Bonchev–Trinajstić information content (AvgIpc) is 2.13. The molecule has 0 spiro atoms. The summed E-state index contributed by atoms with van der Waals surface area (Å²) in [5.41, 5.74) is 3.56. The Morgan fingerprint density at radius 2 is 1.56 bits per heavy atom. The summed E-state index contributed by atoms with van der Waals surface area (Å²) in [5, 5.41) is 21.0. The molecule has 0 heterocycles. The van der Waals surface area contributed by atoms with Crippen LogP contribution in [0.4, 0.5) is 35.9 Å². The first-order valence-corrected chi connectivity index (χ1v) is 4.15. The van der Waals surface area contributed by atoms with Crippen molar-refractivity contribution in [2.24, 2.45) is 0 Å². The Labute approximate surface area is 96.3 Å². The van der Waals surface area contributed by atoms with E-state index in [9.17, 15) is 33.4 Å². The van der Waals surface area contributed by atoms with Crippen molar-refractivity contribution < 1.29 is 23.0 Å². The lowest BCUT2D eigenvalue weighted by atomic mass is 10.1. The average molecular weight is 266 g/mol. The number of nitrogens with two attached hydrogens (primary N) is 2. The third-order valence-corrected chi connectivity index (χ3v) is 2.04. The first-order chi connectivity index (χ1) is 8.07. The highest BCUT2D eigenvalue weighted by Gasteiger charge is 2.40. The summed E-state index contributed by atoms with van der Waals surface area (Å²) >= 11 is 0. The zero-order chi connectivity index (χ0) is 14.2. The molecule has 18 heavy (non-hydrogen) atoms. The number of nitro groups is 2. The number of nitrogens with zero attached hydrogens (tertiary/aromatic N) is 2. The molecule has 0 radical (unpaired) electrons. The van der Waals surface area contributed by atoms with Crippen molar-refractivity contribution >= 4 is 22.7 Å². The van der Waals surface area contributed by atoms with Crippen LogP contribution in [-0.2, 0) is 6.18 Å². The SMILES string of the molecule is Nc1c([N+](=O)[O-])cc(C(F)(F)F)c(N)c1[N+](=O)[O-]. The Kier molecular flexibility index (Phi) is 3.00. The Hall–Kier alpha value is -2.59. The normalized spacial score (nSPS) is 11.3. The summed E-state index contributed by atoms with van der Waals surface area (Å²) in [7, 11) is 0. The van der Waals surface area contributed by atoms with Crippen LogP contribution in [0, 0.1) is 20.2 Å². The minimum Gasteiger partial charge on any atom is -0.393 e. The van der Waals surface area contributed by atoms with Gasteiger partial charge in [0.05, 0.1) is 15.4 Å². The molecule has 0 amide bonds. The second-order valence-electron chi connectivity index (χ2n) is 3.13. The van der Waals surface area contributed by atoms with E-state index >= 15 is 0 Å². The van der Waals surface area contributed by atoms with Crippen LogP contribution in [0.1, 0.15) is 5.56 Å². The molecule has 8 nitrogen and oxygen atoms in total. The van der Waals surface area contributed by atoms with Gasteiger partial charge in [-0.25, -0.2) is 0 Å². The van der Waals surface area contributed by atoms with Gasteiger partial charge in [0.1, 0.15) is 5.69 Å². The van der Waals surface area contributed by atoms with Crippen LogP contribution in [-0.4, -0.2) is 9.85 Å². The maximum absolute atomic E-state index is 12.5. The van der Waals surface area contributed by atoms with Gasteiger partial charge in [-0.2, -0.15) is 13.2 Å². The lowest BCUT2D eigenvalue weighted by Crippen LogP contribution is -2.13. The summed E-state index contributed by atoms with van der Waals surface area (Å²) in [6, 6.07) is 0.0671. The van der Waals surface area contributed by atoms with Gasteiger partial charge < -0.3 is 11.5 Å². The molecule has 0 aliphatic rings. The van der Waals surface area contributed by atoms with Crippen LogP contribution in [0.25, 0.3) is 0 Å². The van der Waals surface area contributed by atoms with Crippen molar-refractivity contribution in [2.75, 3.05) is 11.5 Å². The van der Waals surface area contributed by atoms with Gasteiger partial charge in [0.25, 0.3) is 5.69 Å². The van der Waals surface area contributed by atoms with Crippen LogP contribution < -0.4 is 11.5 Å². The van der Waals surface area contributed by atoms with Crippen LogP contribution in [0.2, 0.25) is 0 Å². The maximum atomic E-state index is 12.5. The highest BCUT2D eigenvalue weighted by Crippen LogP contribution is 2.45. The van der Waals surface area contributed by atoms with Crippen LogP contribution >= 0.6 is 0 Å². The number of nitro benzene ring substituents is 2. The van der Waals surface area contributed by atoms with Gasteiger partial charge in [-0.05, 0) is 0 Å². The van der Waals surface area contributed by atoms with E-state index < -0.39 is 44.3 Å². The molecule has 0 unspecified atom stereocenters. The summed E-state index contributed by atoms with van der Waals surface area (Å²) in [6.07, 6.45) is -5.06. The molecule has 0 aromatic heterocycles. The Morgan fingerprint density at radius 1 is 1.06 bits per heavy atom. The van der Waals surface area contributed by atoms with E-state index in [-0.39, 0.29) is 6.07 Å². The molecule has 4 N–H and O–H groups in total. The fourth-order valence-electron chi connectivity index (χ4n) is 1.27. The van der Waals surface area contributed by atoms with Gasteiger partial charge in [-0.1, -0.05) is 0 Å². The predicted octanol–water partition coefficient (Wildman–Crippen LogP) is 1.69. The number of hydrogen-bond acceptors (Lipinski definition) is 6. The fourth-order valence-corrected chi connectivity index (χ4v) is 1.27. The van der Waals surface area contributed by atoms with Crippen LogP contribution in [0.3, 0.4) is 0 Å². The highest BCUT2D eigenvalue weighted by atomic mass is 19.4. The fraction of sp³-hybridized carbons (Fsp3) is 0.143. The lowest BCUT2D eigenvalue weighted by molar-refractivity contribution is -0.392. The molecular weight excluding hydrogens is 261 g/mol. The van der Waals surface area contributed by atoms with Crippen molar-refractivity contribution in [1.29, 1.82) is 0 Å². The summed E-state index contributed by atoms with van der Waals surface area (Å²) in [4.78, 5) is 18.5. The van der Waals surface area contributed by atoms with Gasteiger partial charge in [0, 0.05) is 6.07 Å². The third-order valence-electron chi connectivity index (χ3n) is 2.04. The number of hydrogen-bond donors (Lipinski definition) is 2. The topological polar surface area (TPSA) is 138 Å². The zero-order valence-electron chi connectivity index (χ0n) is 8.39. The number of alkyl halides is 3. The Balaban J connectivity index is 3.78. The van der Waals surface area contributed by atoms with E-state index in [1.807, 2.05) is 0 Å². The second kappa shape index (κ2) is 4.01. The first-order valence-electron chi connectivity index (χ1n) is 4.15. The zero-order valence-corrected chi connectivity index (χ0v) is 8.39. The van der Waals surface area contributed by atoms with Gasteiger partial charge in [0.2, 0.25) is 0 Å². The number of rotatable bonds is 2. The van der Waals surface area contributed by atoms with Gasteiger partial charge in [-0.3, -0.25) is 20.2 Å². The minimum absolute atomic E-state index is 0.0671. The van der Waals surface area contributed by atoms with Crippen molar-refractivity contribution in [3.63, 3.8) is 0 Å². The smallest absolute Gasteiger partial charge is 0.393 e. The quantitative estimate of drug-likeness (QED) is 0.474.